The first-order valence-corrected chi connectivity index (χ1v) is 7.37. The molecule has 0 unspecified atom stereocenters. The summed E-state index contributed by atoms with van der Waals surface area (Å²) in [6.45, 7) is 6.60. The number of phenols is 1. The second-order valence-corrected chi connectivity index (χ2v) is 5.61. The molecule has 1 heterocycles. The Kier molecular flexibility index (Phi) is 5.02. The number of halogens is 1. The number of aromatic nitrogens is 2. The Morgan fingerprint density at radius 3 is 2.67 bits per heavy atom. The first-order valence-electron chi connectivity index (χ1n) is 6.99. The topological polar surface area (TPSA) is 55.2 Å². The molecule has 112 valence electrons. The SMILES string of the molecule is CCOc1cc(-c2nc(Cl)cc(CC(C)C)n2)ccc1O. The second-order valence-electron chi connectivity index (χ2n) is 5.22. The van der Waals surface area contributed by atoms with Gasteiger partial charge in [-0.15, -0.1) is 0 Å². The van der Waals surface area contributed by atoms with Gasteiger partial charge in [0.1, 0.15) is 5.15 Å². The number of aromatic hydroxyl groups is 1. The predicted octanol–water partition coefficient (Wildman–Crippen LogP) is 4.10. The van der Waals surface area contributed by atoms with E-state index in [9.17, 15) is 5.11 Å². The minimum Gasteiger partial charge on any atom is -0.504 e. The molecular formula is C16H19ClN2O2. The van der Waals surface area contributed by atoms with Crippen LogP contribution >= 0.6 is 11.6 Å². The van der Waals surface area contributed by atoms with Crippen molar-refractivity contribution in [2.24, 2.45) is 5.92 Å². The normalized spacial score (nSPS) is 10.9. The lowest BCUT2D eigenvalue weighted by Crippen LogP contribution is -2.01. The molecule has 0 radical (unpaired) electrons. The molecule has 0 saturated heterocycles. The van der Waals surface area contributed by atoms with E-state index in [-0.39, 0.29) is 5.75 Å². The molecule has 0 fully saturated rings. The molecule has 0 aliphatic carbocycles. The zero-order chi connectivity index (χ0) is 15.4. The summed E-state index contributed by atoms with van der Waals surface area (Å²) in [6, 6.07) is 6.84. The van der Waals surface area contributed by atoms with E-state index in [1.54, 1.807) is 24.3 Å². The minimum atomic E-state index is 0.102. The van der Waals surface area contributed by atoms with Crippen LogP contribution in [0.15, 0.2) is 24.3 Å². The number of nitrogens with zero attached hydrogens (tertiary/aromatic N) is 2. The molecule has 0 aliphatic heterocycles. The summed E-state index contributed by atoms with van der Waals surface area (Å²) >= 11 is 6.08. The largest absolute Gasteiger partial charge is 0.504 e. The van der Waals surface area contributed by atoms with Crippen LogP contribution in [0.2, 0.25) is 5.15 Å². The first-order chi connectivity index (χ1) is 9.99. The molecule has 1 aromatic carbocycles. The van der Waals surface area contributed by atoms with Crippen molar-refractivity contribution in [2.75, 3.05) is 6.61 Å². The fourth-order valence-corrected chi connectivity index (χ4v) is 2.25. The lowest BCUT2D eigenvalue weighted by molar-refractivity contribution is 0.318. The Bertz CT molecular complexity index is 630. The van der Waals surface area contributed by atoms with Crippen LogP contribution in [0.4, 0.5) is 0 Å². The predicted molar refractivity (Wildman–Crippen MR) is 83.9 cm³/mol. The van der Waals surface area contributed by atoms with Crippen LogP contribution in [0.25, 0.3) is 11.4 Å². The molecule has 2 aromatic rings. The van der Waals surface area contributed by atoms with Gasteiger partial charge in [0.25, 0.3) is 0 Å². The maximum absolute atomic E-state index is 9.75. The minimum absolute atomic E-state index is 0.102. The van der Waals surface area contributed by atoms with Crippen molar-refractivity contribution in [1.82, 2.24) is 9.97 Å². The van der Waals surface area contributed by atoms with E-state index < -0.39 is 0 Å². The Hall–Kier alpha value is -1.81. The number of benzene rings is 1. The van der Waals surface area contributed by atoms with Gasteiger partial charge in [-0.1, -0.05) is 25.4 Å². The van der Waals surface area contributed by atoms with Crippen molar-refractivity contribution < 1.29 is 9.84 Å². The highest BCUT2D eigenvalue weighted by molar-refractivity contribution is 6.29. The number of phenolic OH excluding ortho intramolecular Hbond substituents is 1. The van der Waals surface area contributed by atoms with Crippen LogP contribution in [0.3, 0.4) is 0 Å². The van der Waals surface area contributed by atoms with Crippen molar-refractivity contribution in [2.45, 2.75) is 27.2 Å². The lowest BCUT2D eigenvalue weighted by atomic mass is 10.1. The fraction of sp³-hybridized carbons (Fsp3) is 0.375. The van der Waals surface area contributed by atoms with Crippen molar-refractivity contribution in [3.63, 3.8) is 0 Å². The number of hydrogen-bond donors (Lipinski definition) is 1. The number of hydrogen-bond acceptors (Lipinski definition) is 4. The molecule has 4 nitrogen and oxygen atoms in total. The van der Waals surface area contributed by atoms with Gasteiger partial charge in [-0.05, 0) is 43.5 Å². The van der Waals surface area contributed by atoms with Crippen LogP contribution in [0.5, 0.6) is 11.5 Å². The van der Waals surface area contributed by atoms with Crippen molar-refractivity contribution >= 4 is 11.6 Å². The van der Waals surface area contributed by atoms with E-state index in [0.29, 0.717) is 29.3 Å². The van der Waals surface area contributed by atoms with E-state index in [2.05, 4.69) is 23.8 Å². The molecular weight excluding hydrogens is 288 g/mol. The van der Waals surface area contributed by atoms with Gasteiger partial charge in [-0.25, -0.2) is 9.97 Å². The standard InChI is InChI=1S/C16H19ClN2O2/c1-4-21-14-8-11(5-6-13(14)20)16-18-12(7-10(2)3)9-15(17)19-16/h5-6,8-10,20H,4,7H2,1-3H3. The molecule has 0 spiro atoms. The Morgan fingerprint density at radius 2 is 2.00 bits per heavy atom. The van der Waals surface area contributed by atoms with Gasteiger partial charge >= 0.3 is 0 Å². The third-order valence-electron chi connectivity index (χ3n) is 2.88. The Balaban J connectivity index is 2.41. The van der Waals surface area contributed by atoms with Gasteiger partial charge in [0.15, 0.2) is 17.3 Å². The summed E-state index contributed by atoms with van der Waals surface area (Å²) in [7, 11) is 0. The summed E-state index contributed by atoms with van der Waals surface area (Å²) in [5.74, 6) is 1.55. The van der Waals surface area contributed by atoms with E-state index in [4.69, 9.17) is 16.3 Å². The fourth-order valence-electron chi connectivity index (χ4n) is 2.04. The molecule has 0 aliphatic rings. The molecule has 2 rings (SSSR count). The molecule has 0 amide bonds. The molecule has 5 heteroatoms. The number of rotatable bonds is 5. The van der Waals surface area contributed by atoms with Crippen molar-refractivity contribution in [3.05, 3.63) is 35.1 Å². The van der Waals surface area contributed by atoms with Gasteiger partial charge in [0, 0.05) is 11.3 Å². The zero-order valence-electron chi connectivity index (χ0n) is 12.4. The van der Waals surface area contributed by atoms with Gasteiger partial charge in [-0.2, -0.15) is 0 Å². The van der Waals surface area contributed by atoms with E-state index in [1.165, 1.54) is 0 Å². The quantitative estimate of drug-likeness (QED) is 0.845. The second kappa shape index (κ2) is 6.76. The number of ether oxygens (including phenoxy) is 1. The van der Waals surface area contributed by atoms with E-state index >= 15 is 0 Å². The Morgan fingerprint density at radius 1 is 1.24 bits per heavy atom. The summed E-state index contributed by atoms with van der Waals surface area (Å²) in [5, 5.41) is 10.2. The highest BCUT2D eigenvalue weighted by atomic mass is 35.5. The molecule has 1 N–H and O–H groups in total. The highest BCUT2D eigenvalue weighted by Crippen LogP contribution is 2.31. The molecule has 0 bridgehead atoms. The van der Waals surface area contributed by atoms with Gasteiger partial charge in [0.05, 0.1) is 6.61 Å². The van der Waals surface area contributed by atoms with Crippen LogP contribution < -0.4 is 4.74 Å². The maximum atomic E-state index is 9.75. The van der Waals surface area contributed by atoms with Crippen LogP contribution in [-0.4, -0.2) is 21.7 Å². The summed E-state index contributed by atoms with van der Waals surface area (Å²) in [6.07, 6.45) is 0.839. The average Bonchev–Trinajstić information content (AvgIpc) is 2.40. The lowest BCUT2D eigenvalue weighted by Gasteiger charge is -2.10. The van der Waals surface area contributed by atoms with Crippen molar-refractivity contribution in [1.29, 1.82) is 0 Å². The zero-order valence-corrected chi connectivity index (χ0v) is 13.2. The summed E-state index contributed by atoms with van der Waals surface area (Å²) in [4.78, 5) is 8.80. The summed E-state index contributed by atoms with van der Waals surface area (Å²) in [5.41, 5.74) is 1.68. The van der Waals surface area contributed by atoms with Gasteiger partial charge in [0.2, 0.25) is 0 Å². The van der Waals surface area contributed by atoms with Crippen molar-refractivity contribution in [3.8, 4) is 22.9 Å². The van der Waals surface area contributed by atoms with Crippen LogP contribution in [0.1, 0.15) is 26.5 Å². The third kappa shape index (κ3) is 4.08. The van der Waals surface area contributed by atoms with Gasteiger partial charge < -0.3 is 9.84 Å². The smallest absolute Gasteiger partial charge is 0.161 e. The first kappa shape index (κ1) is 15.6. The maximum Gasteiger partial charge on any atom is 0.161 e. The van der Waals surface area contributed by atoms with E-state index in [1.807, 2.05) is 6.92 Å². The highest BCUT2D eigenvalue weighted by Gasteiger charge is 2.10. The van der Waals surface area contributed by atoms with Crippen LogP contribution in [0, 0.1) is 5.92 Å². The Labute approximate surface area is 129 Å². The molecule has 0 atom stereocenters. The average molecular weight is 307 g/mol. The van der Waals surface area contributed by atoms with Crippen LogP contribution in [-0.2, 0) is 6.42 Å². The van der Waals surface area contributed by atoms with E-state index in [0.717, 1.165) is 17.7 Å². The molecule has 21 heavy (non-hydrogen) atoms. The van der Waals surface area contributed by atoms with Gasteiger partial charge in [-0.3, -0.25) is 0 Å². The summed E-state index contributed by atoms with van der Waals surface area (Å²) < 4.78 is 5.39. The molecule has 1 aromatic heterocycles. The monoisotopic (exact) mass is 306 g/mol. The molecule has 0 saturated carbocycles. The third-order valence-corrected chi connectivity index (χ3v) is 3.08.